The van der Waals surface area contributed by atoms with E-state index >= 15 is 0 Å². The van der Waals surface area contributed by atoms with E-state index in [-0.39, 0.29) is 24.5 Å². The van der Waals surface area contributed by atoms with E-state index in [1.165, 1.54) is 11.1 Å². The molecule has 2 aromatic rings. The van der Waals surface area contributed by atoms with Gasteiger partial charge in [0.15, 0.2) is 5.90 Å². The number of rotatable bonds is 7. The van der Waals surface area contributed by atoms with Crippen LogP contribution in [0.25, 0.3) is 0 Å². The molecule has 0 aliphatic carbocycles. The number of nitrogens with one attached hydrogen (secondary N) is 1. The molecule has 136 valence electrons. The van der Waals surface area contributed by atoms with Crippen LogP contribution >= 0.6 is 0 Å². The Bertz CT molecular complexity index is 688. The summed E-state index contributed by atoms with van der Waals surface area (Å²) >= 11 is 0. The first-order valence-corrected chi connectivity index (χ1v) is 8.91. The first-order chi connectivity index (χ1) is 12.7. The van der Waals surface area contributed by atoms with E-state index in [0.29, 0.717) is 19.7 Å². The van der Waals surface area contributed by atoms with E-state index in [1.54, 1.807) is 6.92 Å². The second-order valence-electron chi connectivity index (χ2n) is 6.32. The normalized spacial score (nSPS) is 14.7. The smallest absolute Gasteiger partial charge is 0.315 e. The van der Waals surface area contributed by atoms with Gasteiger partial charge in [0.05, 0.1) is 12.6 Å². The molecular formula is C21H24N2O3. The topological polar surface area (TPSA) is 62.6 Å². The Balaban J connectivity index is 1.61. The Morgan fingerprint density at radius 1 is 1.08 bits per heavy atom. The monoisotopic (exact) mass is 352 g/mol. The lowest BCUT2D eigenvalue weighted by Crippen LogP contribution is -2.54. The number of nitrogens with zero attached hydrogens (tertiary/aromatic N) is 1. The summed E-state index contributed by atoms with van der Waals surface area (Å²) in [5.74, 6) is -0.441. The first-order valence-electron chi connectivity index (χ1n) is 8.91. The van der Waals surface area contributed by atoms with Crippen LogP contribution in [0.15, 0.2) is 60.7 Å². The molecule has 0 bridgehead atoms. The molecule has 2 aromatic carbocycles. The average molecular weight is 352 g/mol. The molecule has 0 spiro atoms. The maximum atomic E-state index is 11.9. The minimum absolute atomic E-state index is 0.0415. The molecule has 26 heavy (non-hydrogen) atoms. The number of likely N-dealkylation sites (tertiary alicyclic amines) is 1. The van der Waals surface area contributed by atoms with Crippen LogP contribution in [0, 0.1) is 5.41 Å². The first kappa shape index (κ1) is 18.1. The molecule has 1 aliphatic heterocycles. The zero-order valence-corrected chi connectivity index (χ0v) is 14.9. The number of carbonyl (C=O) groups is 1. The zero-order chi connectivity index (χ0) is 18.4. The van der Waals surface area contributed by atoms with Crippen LogP contribution in [0.4, 0.5) is 0 Å². The highest BCUT2D eigenvalue weighted by Gasteiger charge is 2.36. The summed E-state index contributed by atoms with van der Waals surface area (Å²) in [7, 11) is 0. The van der Waals surface area contributed by atoms with E-state index in [2.05, 4.69) is 29.2 Å². The van der Waals surface area contributed by atoms with Gasteiger partial charge in [-0.25, -0.2) is 0 Å². The van der Waals surface area contributed by atoms with E-state index in [0.717, 1.165) is 0 Å². The summed E-state index contributed by atoms with van der Waals surface area (Å²) in [5, 5.41) is 7.54. The van der Waals surface area contributed by atoms with Crippen molar-refractivity contribution in [2.24, 2.45) is 0 Å². The van der Waals surface area contributed by atoms with Crippen molar-refractivity contribution < 1.29 is 14.3 Å². The molecule has 3 rings (SSSR count). The van der Waals surface area contributed by atoms with Gasteiger partial charge in [-0.15, -0.1) is 0 Å². The molecule has 0 aromatic heterocycles. The predicted molar refractivity (Wildman–Crippen MR) is 100 cm³/mol. The fourth-order valence-corrected chi connectivity index (χ4v) is 3.22. The van der Waals surface area contributed by atoms with Crippen molar-refractivity contribution in [2.45, 2.75) is 25.5 Å². The van der Waals surface area contributed by atoms with E-state index < -0.39 is 5.97 Å². The van der Waals surface area contributed by atoms with Gasteiger partial charge >= 0.3 is 5.97 Å². The van der Waals surface area contributed by atoms with Crippen LogP contribution in [0.5, 0.6) is 0 Å². The van der Waals surface area contributed by atoms with Crippen molar-refractivity contribution >= 4 is 11.9 Å². The van der Waals surface area contributed by atoms with E-state index in [4.69, 9.17) is 14.9 Å². The summed E-state index contributed by atoms with van der Waals surface area (Å²) in [5.41, 5.74) is 2.45. The number of carbonyl (C=O) groups excluding carboxylic acids is 1. The second-order valence-corrected chi connectivity index (χ2v) is 6.32. The summed E-state index contributed by atoms with van der Waals surface area (Å²) in [6, 6.07) is 20.9. The summed E-state index contributed by atoms with van der Waals surface area (Å²) in [4.78, 5) is 14.2. The molecule has 1 saturated heterocycles. The molecule has 0 amide bonds. The highest BCUT2D eigenvalue weighted by atomic mass is 16.6. The number of esters is 1. The van der Waals surface area contributed by atoms with Gasteiger partial charge < -0.3 is 9.47 Å². The number of hydrogen-bond donors (Lipinski definition) is 1. The highest BCUT2D eigenvalue weighted by Crippen LogP contribution is 2.33. The SMILES string of the molecule is CCOC(=N)CC(=O)OC1CN(C(c2ccccc2)c2ccccc2)C1. The Labute approximate surface area is 154 Å². The van der Waals surface area contributed by atoms with Crippen molar-refractivity contribution in [3.63, 3.8) is 0 Å². The predicted octanol–water partition coefficient (Wildman–Crippen LogP) is 3.41. The average Bonchev–Trinajstić information content (AvgIpc) is 2.62. The van der Waals surface area contributed by atoms with Crippen LogP contribution in [0.1, 0.15) is 30.5 Å². The van der Waals surface area contributed by atoms with Gasteiger partial charge in [0.2, 0.25) is 0 Å². The Morgan fingerprint density at radius 3 is 2.12 bits per heavy atom. The van der Waals surface area contributed by atoms with Crippen LogP contribution in [-0.2, 0) is 14.3 Å². The van der Waals surface area contributed by atoms with Gasteiger partial charge in [0.25, 0.3) is 0 Å². The third-order valence-electron chi connectivity index (χ3n) is 4.39. The molecule has 1 heterocycles. The molecule has 1 aliphatic rings. The van der Waals surface area contributed by atoms with E-state index in [1.807, 2.05) is 36.4 Å². The molecular weight excluding hydrogens is 328 g/mol. The maximum Gasteiger partial charge on any atom is 0.315 e. The number of ether oxygens (including phenoxy) is 2. The largest absolute Gasteiger partial charge is 0.481 e. The quantitative estimate of drug-likeness (QED) is 0.471. The lowest BCUT2D eigenvalue weighted by atomic mass is 9.94. The van der Waals surface area contributed by atoms with Crippen molar-refractivity contribution in [3.8, 4) is 0 Å². The molecule has 0 unspecified atom stereocenters. The molecule has 5 heteroatoms. The third-order valence-corrected chi connectivity index (χ3v) is 4.39. The van der Waals surface area contributed by atoms with Crippen LogP contribution in [0.2, 0.25) is 0 Å². The summed E-state index contributed by atoms with van der Waals surface area (Å²) in [6.45, 7) is 3.54. The van der Waals surface area contributed by atoms with Crippen LogP contribution < -0.4 is 0 Å². The van der Waals surface area contributed by atoms with Crippen LogP contribution in [-0.4, -0.2) is 42.6 Å². The minimum Gasteiger partial charge on any atom is -0.481 e. The van der Waals surface area contributed by atoms with Gasteiger partial charge in [0.1, 0.15) is 12.5 Å². The minimum atomic E-state index is -0.399. The fraction of sp³-hybridized carbons (Fsp3) is 0.333. The third kappa shape index (κ3) is 4.49. The van der Waals surface area contributed by atoms with Gasteiger partial charge in [-0.05, 0) is 18.1 Å². The van der Waals surface area contributed by atoms with Gasteiger partial charge in [-0.2, -0.15) is 0 Å². The lowest BCUT2D eigenvalue weighted by molar-refractivity contribution is -0.157. The van der Waals surface area contributed by atoms with Crippen molar-refractivity contribution in [1.29, 1.82) is 5.41 Å². The lowest BCUT2D eigenvalue weighted by Gasteiger charge is -2.44. The Hall–Kier alpha value is -2.66. The van der Waals surface area contributed by atoms with Gasteiger partial charge in [-0.1, -0.05) is 60.7 Å². The van der Waals surface area contributed by atoms with Crippen molar-refractivity contribution in [3.05, 3.63) is 71.8 Å². The fourth-order valence-electron chi connectivity index (χ4n) is 3.22. The molecule has 5 nitrogen and oxygen atoms in total. The van der Waals surface area contributed by atoms with E-state index in [9.17, 15) is 4.79 Å². The molecule has 1 N–H and O–H groups in total. The van der Waals surface area contributed by atoms with Crippen LogP contribution in [0.3, 0.4) is 0 Å². The molecule has 0 atom stereocenters. The highest BCUT2D eigenvalue weighted by molar-refractivity contribution is 5.92. The molecule has 0 radical (unpaired) electrons. The number of benzene rings is 2. The Morgan fingerprint density at radius 2 is 1.62 bits per heavy atom. The zero-order valence-electron chi connectivity index (χ0n) is 14.9. The summed E-state index contributed by atoms with van der Waals surface area (Å²) < 4.78 is 10.4. The molecule has 0 saturated carbocycles. The van der Waals surface area contributed by atoms with Gasteiger partial charge in [-0.3, -0.25) is 15.1 Å². The Kier molecular flexibility index (Phi) is 6.02. The molecule has 1 fully saturated rings. The van der Waals surface area contributed by atoms with Crippen molar-refractivity contribution in [2.75, 3.05) is 19.7 Å². The summed E-state index contributed by atoms with van der Waals surface area (Å²) in [6.07, 6.45) is -0.239. The standard InChI is InChI=1S/C21H24N2O3/c1-2-25-19(22)13-20(24)26-18-14-23(15-18)21(16-9-5-3-6-10-16)17-11-7-4-8-12-17/h3-12,18,21-22H,2,13-15H2,1H3. The second kappa shape index (κ2) is 8.63. The maximum absolute atomic E-state index is 11.9. The van der Waals surface area contributed by atoms with Crippen molar-refractivity contribution in [1.82, 2.24) is 4.90 Å². The van der Waals surface area contributed by atoms with Gasteiger partial charge in [0, 0.05) is 13.1 Å². The number of hydrogen-bond acceptors (Lipinski definition) is 5.